The lowest BCUT2D eigenvalue weighted by atomic mass is 10.0. The summed E-state index contributed by atoms with van der Waals surface area (Å²) >= 11 is 0. The largest absolute Gasteiger partial charge is 0.486 e. The maximum atomic E-state index is 13.8. The van der Waals surface area contributed by atoms with Crippen LogP contribution in [0.1, 0.15) is 106 Å². The maximum Gasteiger partial charge on any atom is 0.253 e. The van der Waals surface area contributed by atoms with Gasteiger partial charge in [-0.1, -0.05) is 0 Å². The number of anilines is 3. The summed E-state index contributed by atoms with van der Waals surface area (Å²) in [7, 11) is 12.1. The zero-order valence-corrected chi connectivity index (χ0v) is 68.4. The molecule has 0 saturated carbocycles. The van der Waals surface area contributed by atoms with Crippen molar-refractivity contribution in [3.05, 3.63) is 178 Å². The van der Waals surface area contributed by atoms with Crippen LogP contribution in [-0.2, 0) is 14.2 Å². The Morgan fingerprint density at radius 2 is 0.632 bits per heavy atom. The van der Waals surface area contributed by atoms with E-state index in [9.17, 15) is 40.7 Å². The molecule has 6 aromatic carbocycles. The number of carbonyl (C=O) groups excluding carboxylic acids is 3. The van der Waals surface area contributed by atoms with E-state index in [1.54, 1.807) is 75.8 Å². The van der Waals surface area contributed by atoms with Crippen molar-refractivity contribution in [3.8, 4) is 17.2 Å². The van der Waals surface area contributed by atoms with E-state index in [4.69, 9.17) is 43.4 Å². The number of carbonyl (C=O) groups is 3. The van der Waals surface area contributed by atoms with Crippen molar-refractivity contribution < 1.29 is 69.1 Å². The van der Waals surface area contributed by atoms with Crippen molar-refractivity contribution >= 4 is 109 Å². The van der Waals surface area contributed by atoms with Crippen molar-refractivity contribution in [2.45, 2.75) is 76.5 Å². The topological polar surface area (TPSA) is 213 Å². The number of likely N-dealkylation sites (N-methyl/N-ethyl adjacent to an activating group) is 3. The van der Waals surface area contributed by atoms with Crippen LogP contribution in [-0.4, -0.2) is 256 Å². The molecule has 15 rings (SSSR count). The van der Waals surface area contributed by atoms with Gasteiger partial charge in [-0.3, -0.25) is 29.3 Å². The third kappa shape index (κ3) is 20.6. The molecule has 3 amide bonds. The average Bonchev–Trinajstić information content (AvgIpc) is 1.06. The first-order valence-corrected chi connectivity index (χ1v) is 37.5. The number of likely N-dealkylation sites (tertiary alicyclic amines) is 3. The maximum absolute atomic E-state index is 13.8. The van der Waals surface area contributed by atoms with E-state index < -0.39 is 53.2 Å². The number of fused-ring (bicyclic) bond motifs is 3. The fourth-order valence-electron chi connectivity index (χ4n) is 14.6. The minimum absolute atomic E-state index is 0. The third-order valence-electron chi connectivity index (χ3n) is 21.2. The lowest BCUT2D eigenvalue weighted by molar-refractivity contribution is 0.0775. The predicted octanol–water partition coefficient (Wildman–Crippen LogP) is 11.3. The van der Waals surface area contributed by atoms with E-state index in [0.717, 1.165) is 55.7 Å². The number of aromatic nitrogens is 6. The summed E-state index contributed by atoms with van der Waals surface area (Å²) in [6.07, 6.45) is 6.05. The summed E-state index contributed by atoms with van der Waals surface area (Å²) in [5.41, 5.74) is 6.95. The second-order valence-electron chi connectivity index (χ2n) is 29.3. The number of halogens is 6. The number of nitrogens with zero attached hydrogens (tertiary/aromatic N) is 15. The van der Waals surface area contributed by atoms with Gasteiger partial charge in [-0.2, -0.15) is 40.5 Å². The molecule has 9 heterocycles. The first-order chi connectivity index (χ1) is 53.4. The Hall–Kier alpha value is -9.06. The summed E-state index contributed by atoms with van der Waals surface area (Å²) in [4.78, 5) is 87.4. The van der Waals surface area contributed by atoms with Crippen LogP contribution in [0.5, 0.6) is 17.2 Å². The molecule has 6 atom stereocenters. The van der Waals surface area contributed by atoms with E-state index in [1.807, 2.05) is 57.0 Å². The molecule has 0 aliphatic carbocycles. The van der Waals surface area contributed by atoms with Crippen molar-refractivity contribution in [1.82, 2.24) is 59.3 Å². The summed E-state index contributed by atoms with van der Waals surface area (Å²) < 4.78 is 116. The molecule has 33 heteroatoms. The highest BCUT2D eigenvalue weighted by Crippen LogP contribution is 2.36. The van der Waals surface area contributed by atoms with Gasteiger partial charge < -0.3 is 72.5 Å². The fraction of sp³-hybridized carbons (Fsp3) is 0.444. The number of ether oxygens (including phenoxy) is 6. The van der Waals surface area contributed by atoms with Crippen molar-refractivity contribution in [2.75, 3.05) is 175 Å². The smallest absolute Gasteiger partial charge is 0.253 e. The van der Waals surface area contributed by atoms with E-state index in [1.165, 1.54) is 18.2 Å². The number of hydrogen-bond donors (Lipinski definition) is 0. The first-order valence-electron chi connectivity index (χ1n) is 37.5. The number of hydrogen-bond acceptors (Lipinski definition) is 21. The Morgan fingerprint density at radius 1 is 0.377 bits per heavy atom. The number of morpholine rings is 3. The zero-order chi connectivity index (χ0) is 78.3. The van der Waals surface area contributed by atoms with Gasteiger partial charge in [0, 0.05) is 148 Å². The lowest BCUT2D eigenvalue weighted by Crippen LogP contribution is -2.36. The van der Waals surface area contributed by atoms with E-state index in [0.29, 0.717) is 220 Å². The van der Waals surface area contributed by atoms with Crippen LogP contribution in [0.4, 0.5) is 43.8 Å². The highest BCUT2D eigenvalue weighted by molar-refractivity contribution is 7.59. The van der Waals surface area contributed by atoms with Crippen LogP contribution in [0.3, 0.4) is 0 Å². The van der Waals surface area contributed by atoms with Crippen molar-refractivity contribution in [2.24, 2.45) is 0 Å². The van der Waals surface area contributed by atoms with Gasteiger partial charge in [-0.25, -0.2) is 41.3 Å². The van der Waals surface area contributed by atoms with Crippen LogP contribution in [0.15, 0.2) is 110 Å². The van der Waals surface area contributed by atoms with Crippen LogP contribution in [0.25, 0.3) is 33.1 Å². The zero-order valence-electron chi connectivity index (χ0n) is 65.4. The normalized spacial score (nSPS) is 18.5. The van der Waals surface area contributed by atoms with Gasteiger partial charge in [0.15, 0.2) is 34.9 Å². The Labute approximate surface area is 680 Å². The Bertz CT molecular complexity index is 4390. The molecular formula is C81H99F6N15O9S3. The predicted molar refractivity (Wildman–Crippen MR) is 439 cm³/mol. The molecule has 612 valence electrons. The van der Waals surface area contributed by atoms with Crippen LogP contribution >= 0.6 is 40.5 Å². The number of benzene rings is 6. The van der Waals surface area contributed by atoms with E-state index in [2.05, 4.69) is 44.4 Å². The molecule has 3 unspecified atom stereocenters. The number of rotatable bonds is 18. The van der Waals surface area contributed by atoms with Gasteiger partial charge in [0.25, 0.3) is 17.7 Å². The molecule has 6 aliphatic rings. The molecule has 6 fully saturated rings. The molecule has 24 nitrogen and oxygen atoms in total. The minimum atomic E-state index is -0.989. The van der Waals surface area contributed by atoms with Gasteiger partial charge >= 0.3 is 0 Å². The second-order valence-corrected chi connectivity index (χ2v) is 29.3. The highest BCUT2D eigenvalue weighted by Gasteiger charge is 2.34. The standard InChI is InChI=1S/3C27H31F2N5O3.3H2S/c3*1-17(37-20-4-5-22(28)23(29)14-20)21-12-18(27(35)34-7-6-19(16-34)32(2)3)13-24-26(21)31-25(15-30-24)33-8-10-36-11-9-33;;;/h3*4-5,12-15,17,19H,6-11,16H2,1-3H3;3*1H2/t3*17?,19-;;;/m000.../s1. The van der Waals surface area contributed by atoms with Gasteiger partial charge in [0.1, 0.15) is 53.0 Å². The Morgan fingerprint density at radius 3 is 0.860 bits per heavy atom. The lowest BCUT2D eigenvalue weighted by Gasteiger charge is -2.28. The fourth-order valence-corrected chi connectivity index (χ4v) is 14.6. The van der Waals surface area contributed by atoms with Crippen molar-refractivity contribution in [1.29, 1.82) is 0 Å². The van der Waals surface area contributed by atoms with Gasteiger partial charge in [-0.15, -0.1) is 0 Å². The summed E-state index contributed by atoms with van der Waals surface area (Å²) in [5.74, 6) is -3.34. The molecule has 6 saturated heterocycles. The van der Waals surface area contributed by atoms with Gasteiger partial charge in [0.05, 0.1) is 91.3 Å². The molecule has 9 aromatic rings. The van der Waals surface area contributed by atoms with Gasteiger partial charge in [-0.05, 0) is 155 Å². The van der Waals surface area contributed by atoms with Crippen LogP contribution in [0, 0.1) is 34.9 Å². The Kier molecular flexibility index (Phi) is 29.9. The SMILES string of the molecule is CC(Oc1ccc(F)c(F)c1)c1cc(C(=O)N2CC[C@H](N(C)C)C2)cc2ncc(N3CCOCC3)nc12.CC(Oc1ccc(F)c(F)c1)c1cc(C(=O)N2CC[C@H](N(C)C)C2)cc2ncc(N3CCOCC3)nc12.CC(Oc1ccc(F)c(F)c1)c1cc(C(=O)N2CC[C@H](N(C)C)C2)cc2ncc(N3CCOCC3)nc12.S.S.S. The quantitative estimate of drug-likeness (QED) is 0.0730. The summed E-state index contributed by atoms with van der Waals surface area (Å²) in [6, 6.07) is 21.9. The summed E-state index contributed by atoms with van der Waals surface area (Å²) in [5, 5.41) is 0. The molecule has 0 N–H and O–H groups in total. The van der Waals surface area contributed by atoms with Crippen molar-refractivity contribution in [3.63, 3.8) is 0 Å². The minimum Gasteiger partial charge on any atom is -0.486 e. The van der Waals surface area contributed by atoms with Gasteiger partial charge in [0.2, 0.25) is 0 Å². The Balaban J connectivity index is 0.000000179. The summed E-state index contributed by atoms with van der Waals surface area (Å²) in [6.45, 7) is 17.3. The highest BCUT2D eigenvalue weighted by atomic mass is 32.1. The number of amides is 3. The van der Waals surface area contributed by atoms with E-state index >= 15 is 0 Å². The van der Waals surface area contributed by atoms with Crippen LogP contribution in [0.2, 0.25) is 0 Å². The first kappa shape index (κ1) is 87.3. The molecule has 3 aromatic heterocycles. The third-order valence-corrected chi connectivity index (χ3v) is 21.2. The molecule has 0 radical (unpaired) electrons. The average molecular weight is 1640 g/mol. The monoisotopic (exact) mass is 1640 g/mol. The second kappa shape index (κ2) is 39.1. The molecule has 114 heavy (non-hydrogen) atoms. The van der Waals surface area contributed by atoms with E-state index in [-0.39, 0.29) is 75.5 Å². The molecule has 0 spiro atoms. The van der Waals surface area contributed by atoms with Crippen LogP contribution < -0.4 is 28.9 Å². The molecule has 6 aliphatic heterocycles. The molecular weight excluding hydrogens is 1540 g/mol. The molecule has 0 bridgehead atoms.